The molecular weight excluding hydrogens is 380 g/mol. The summed E-state index contributed by atoms with van der Waals surface area (Å²) in [5.41, 5.74) is 3.03. The van der Waals surface area contributed by atoms with Crippen LogP contribution in [-0.4, -0.2) is 21.0 Å². The molecule has 4 rings (SSSR count). The molecule has 0 aliphatic heterocycles. The van der Waals surface area contributed by atoms with Crippen molar-refractivity contribution < 1.29 is 9.59 Å². The van der Waals surface area contributed by atoms with Crippen molar-refractivity contribution in [3.63, 3.8) is 0 Å². The second-order valence-corrected chi connectivity index (χ2v) is 6.73. The molecule has 0 aliphatic rings. The Balaban J connectivity index is 2.02. The van der Waals surface area contributed by atoms with Crippen molar-refractivity contribution in [1.82, 2.24) is 9.38 Å². The third-order valence-electron chi connectivity index (χ3n) is 4.23. The molecular formula is C20H13BrN2O2. The zero-order valence-electron chi connectivity index (χ0n) is 13.4. The maximum Gasteiger partial charge on any atom is 0.209 e. The number of para-hydroxylation sites is 1. The number of rotatable bonds is 3. The van der Waals surface area contributed by atoms with E-state index in [1.165, 1.54) is 6.92 Å². The van der Waals surface area contributed by atoms with Crippen LogP contribution in [0.15, 0.2) is 65.4 Å². The molecule has 4 nitrogen and oxygen atoms in total. The van der Waals surface area contributed by atoms with Gasteiger partial charge in [-0.05, 0) is 43.3 Å². The van der Waals surface area contributed by atoms with Crippen LogP contribution in [0.3, 0.4) is 0 Å². The van der Waals surface area contributed by atoms with E-state index in [0.29, 0.717) is 16.8 Å². The molecule has 0 saturated carbocycles. The molecule has 0 unspecified atom stereocenters. The summed E-state index contributed by atoms with van der Waals surface area (Å²) in [5.74, 6) is -0.226. The monoisotopic (exact) mass is 392 g/mol. The molecule has 122 valence electrons. The number of carbonyl (C=O) groups is 2. The highest BCUT2D eigenvalue weighted by molar-refractivity contribution is 9.10. The smallest absolute Gasteiger partial charge is 0.209 e. The summed E-state index contributed by atoms with van der Waals surface area (Å²) in [7, 11) is 0. The summed E-state index contributed by atoms with van der Waals surface area (Å²) in [6, 6.07) is 16.4. The first-order valence-electron chi connectivity index (χ1n) is 7.76. The number of halogens is 1. The van der Waals surface area contributed by atoms with E-state index in [9.17, 15) is 9.59 Å². The SMILES string of the molecule is CC(=O)c1cc(C(=O)c2ccc(Br)cc2)n2cnc3ccccc3c12. The topological polar surface area (TPSA) is 51.4 Å². The Kier molecular flexibility index (Phi) is 3.73. The van der Waals surface area contributed by atoms with Crippen LogP contribution >= 0.6 is 15.9 Å². The van der Waals surface area contributed by atoms with E-state index in [2.05, 4.69) is 20.9 Å². The highest BCUT2D eigenvalue weighted by Crippen LogP contribution is 2.27. The minimum atomic E-state index is -0.146. The van der Waals surface area contributed by atoms with E-state index in [0.717, 1.165) is 20.9 Å². The average Bonchev–Trinajstić information content (AvgIpc) is 3.02. The fourth-order valence-corrected chi connectivity index (χ4v) is 3.28. The highest BCUT2D eigenvalue weighted by Gasteiger charge is 2.20. The van der Waals surface area contributed by atoms with E-state index in [1.54, 1.807) is 28.9 Å². The van der Waals surface area contributed by atoms with Gasteiger partial charge < -0.3 is 0 Å². The van der Waals surface area contributed by atoms with Gasteiger partial charge in [-0.2, -0.15) is 0 Å². The molecule has 0 atom stereocenters. The molecule has 2 heterocycles. The molecule has 2 aromatic carbocycles. The van der Waals surface area contributed by atoms with Crippen LogP contribution in [-0.2, 0) is 0 Å². The first kappa shape index (κ1) is 15.7. The van der Waals surface area contributed by atoms with E-state index in [-0.39, 0.29) is 11.6 Å². The maximum absolute atomic E-state index is 13.0. The Morgan fingerprint density at radius 3 is 2.48 bits per heavy atom. The normalized spacial score (nSPS) is 11.1. The molecule has 4 aromatic rings. The molecule has 0 aliphatic carbocycles. The van der Waals surface area contributed by atoms with Crippen molar-refractivity contribution in [3.8, 4) is 0 Å². The van der Waals surface area contributed by atoms with Crippen molar-refractivity contribution in [3.05, 3.63) is 82.2 Å². The second kappa shape index (κ2) is 5.93. The lowest BCUT2D eigenvalue weighted by atomic mass is 10.1. The van der Waals surface area contributed by atoms with E-state index < -0.39 is 0 Å². The van der Waals surface area contributed by atoms with Gasteiger partial charge >= 0.3 is 0 Å². The quantitative estimate of drug-likeness (QED) is 0.475. The second-order valence-electron chi connectivity index (χ2n) is 5.82. The van der Waals surface area contributed by atoms with Crippen molar-refractivity contribution in [1.29, 1.82) is 0 Å². The van der Waals surface area contributed by atoms with Gasteiger partial charge in [-0.3, -0.25) is 14.0 Å². The predicted octanol–water partition coefficient (Wildman–Crippen LogP) is 4.68. The Hall–Kier alpha value is -2.79. The van der Waals surface area contributed by atoms with Gasteiger partial charge in [0, 0.05) is 21.0 Å². The molecule has 25 heavy (non-hydrogen) atoms. The number of nitrogens with zero attached hydrogens (tertiary/aromatic N) is 2. The molecule has 0 amide bonds. The average molecular weight is 393 g/mol. The van der Waals surface area contributed by atoms with Crippen LogP contribution < -0.4 is 0 Å². The molecule has 0 saturated heterocycles. The number of benzene rings is 2. The first-order valence-corrected chi connectivity index (χ1v) is 8.55. The minimum Gasteiger partial charge on any atom is -0.296 e. The lowest BCUT2D eigenvalue weighted by Crippen LogP contribution is -2.05. The van der Waals surface area contributed by atoms with Crippen molar-refractivity contribution in [2.45, 2.75) is 6.92 Å². The standard InChI is InChI=1S/C20H13BrN2O2/c1-12(24)16-10-18(20(25)13-6-8-14(21)9-7-13)23-11-22-17-5-3-2-4-15(17)19(16)23/h2-11H,1H3. The zero-order chi connectivity index (χ0) is 17.6. The third kappa shape index (κ3) is 2.57. The molecule has 0 bridgehead atoms. The summed E-state index contributed by atoms with van der Waals surface area (Å²) < 4.78 is 2.62. The lowest BCUT2D eigenvalue weighted by molar-refractivity contribution is 0.101. The summed E-state index contributed by atoms with van der Waals surface area (Å²) in [4.78, 5) is 29.6. The molecule has 0 radical (unpaired) electrons. The van der Waals surface area contributed by atoms with Crippen molar-refractivity contribution in [2.75, 3.05) is 0 Å². The van der Waals surface area contributed by atoms with Crippen LogP contribution in [0.25, 0.3) is 16.4 Å². The number of hydrogen-bond donors (Lipinski definition) is 0. The summed E-state index contributed by atoms with van der Waals surface area (Å²) >= 11 is 3.37. The summed E-state index contributed by atoms with van der Waals surface area (Å²) in [6.07, 6.45) is 1.61. The third-order valence-corrected chi connectivity index (χ3v) is 4.76. The van der Waals surface area contributed by atoms with Gasteiger partial charge in [0.1, 0.15) is 6.33 Å². The summed E-state index contributed by atoms with van der Waals surface area (Å²) in [6.45, 7) is 1.51. The number of ketones is 2. The molecule has 0 N–H and O–H groups in total. The fourth-order valence-electron chi connectivity index (χ4n) is 3.02. The van der Waals surface area contributed by atoms with Gasteiger partial charge in [0.15, 0.2) is 5.78 Å². The van der Waals surface area contributed by atoms with E-state index in [1.807, 2.05) is 36.4 Å². The fraction of sp³-hybridized carbons (Fsp3) is 0.0500. The lowest BCUT2D eigenvalue weighted by Gasteiger charge is -2.05. The van der Waals surface area contributed by atoms with Crippen LogP contribution in [0.1, 0.15) is 33.3 Å². The maximum atomic E-state index is 13.0. The van der Waals surface area contributed by atoms with Crippen molar-refractivity contribution >= 4 is 43.9 Å². The zero-order valence-corrected chi connectivity index (χ0v) is 14.9. The predicted molar refractivity (Wildman–Crippen MR) is 100 cm³/mol. The van der Waals surface area contributed by atoms with Gasteiger partial charge in [-0.25, -0.2) is 4.98 Å². The first-order chi connectivity index (χ1) is 12.1. The largest absolute Gasteiger partial charge is 0.296 e. The Morgan fingerprint density at radius 2 is 1.76 bits per heavy atom. The van der Waals surface area contributed by atoms with Crippen molar-refractivity contribution in [2.24, 2.45) is 0 Å². The van der Waals surface area contributed by atoms with Gasteiger partial charge in [0.25, 0.3) is 0 Å². The highest BCUT2D eigenvalue weighted by atomic mass is 79.9. The molecule has 0 fully saturated rings. The molecule has 0 spiro atoms. The van der Waals surface area contributed by atoms with Crippen LogP contribution in [0.4, 0.5) is 0 Å². The minimum absolute atomic E-state index is 0.0799. The van der Waals surface area contributed by atoms with E-state index in [4.69, 9.17) is 0 Å². The van der Waals surface area contributed by atoms with Crippen LogP contribution in [0.5, 0.6) is 0 Å². The van der Waals surface area contributed by atoms with Gasteiger partial charge in [-0.15, -0.1) is 0 Å². The van der Waals surface area contributed by atoms with Gasteiger partial charge in [-0.1, -0.05) is 34.1 Å². The van der Waals surface area contributed by atoms with Gasteiger partial charge in [0.05, 0.1) is 16.7 Å². The van der Waals surface area contributed by atoms with Crippen LogP contribution in [0, 0.1) is 0 Å². The summed E-state index contributed by atoms with van der Waals surface area (Å²) in [5, 5.41) is 0.852. The molecule has 5 heteroatoms. The van der Waals surface area contributed by atoms with Crippen LogP contribution in [0.2, 0.25) is 0 Å². The van der Waals surface area contributed by atoms with Gasteiger partial charge in [0.2, 0.25) is 5.78 Å². The Labute approximate surface area is 152 Å². The van der Waals surface area contributed by atoms with E-state index >= 15 is 0 Å². The number of aromatic nitrogens is 2. The number of Topliss-reactive ketones (excluding diaryl/α,β-unsaturated/α-hetero) is 1. The Bertz CT molecular complexity index is 1140. The number of fused-ring (bicyclic) bond motifs is 3. The number of carbonyl (C=O) groups excluding carboxylic acids is 2. The Morgan fingerprint density at radius 1 is 1.04 bits per heavy atom. The molecule has 2 aromatic heterocycles. The number of hydrogen-bond acceptors (Lipinski definition) is 3.